The second-order valence-corrected chi connectivity index (χ2v) is 13.7. The fourth-order valence-corrected chi connectivity index (χ4v) is 9.91. The summed E-state index contributed by atoms with van der Waals surface area (Å²) >= 11 is 3.88. The molecule has 0 nitrogen and oxygen atoms in total. The lowest BCUT2D eigenvalue weighted by Crippen LogP contribution is -1.91. The zero-order valence-electron chi connectivity index (χ0n) is 23.7. The van der Waals surface area contributed by atoms with E-state index in [1.54, 1.807) is 0 Å². The van der Waals surface area contributed by atoms with Gasteiger partial charge in [0.1, 0.15) is 0 Å². The molecule has 0 radical (unpaired) electrons. The van der Waals surface area contributed by atoms with Crippen LogP contribution >= 0.6 is 22.7 Å². The largest absolute Gasteiger partial charge is 0.134 e. The van der Waals surface area contributed by atoms with E-state index < -0.39 is 0 Å². The minimum atomic E-state index is 1.25. The number of hydrogen-bond acceptors (Lipinski definition) is 2. The number of benzene rings is 8. The van der Waals surface area contributed by atoms with Crippen molar-refractivity contribution in [3.8, 4) is 22.3 Å². The smallest absolute Gasteiger partial charge is 0.0540 e. The Hall–Kier alpha value is -5.02. The molecule has 0 N–H and O–H groups in total. The molecule has 0 fully saturated rings. The van der Waals surface area contributed by atoms with Gasteiger partial charge in [-0.15, -0.1) is 22.7 Å². The zero-order chi connectivity index (χ0) is 28.8. The van der Waals surface area contributed by atoms with Crippen molar-refractivity contribution in [2.24, 2.45) is 0 Å². The van der Waals surface area contributed by atoms with Crippen LogP contribution in [0, 0.1) is 0 Å². The van der Waals surface area contributed by atoms with Crippen molar-refractivity contribution in [3.63, 3.8) is 0 Å². The van der Waals surface area contributed by atoms with Gasteiger partial charge in [0.15, 0.2) is 0 Å². The molecule has 0 aliphatic carbocycles. The van der Waals surface area contributed by atoms with Gasteiger partial charge in [-0.3, -0.25) is 0 Å². The van der Waals surface area contributed by atoms with Crippen molar-refractivity contribution in [1.29, 1.82) is 0 Å². The Morgan fingerprint density at radius 1 is 0.341 bits per heavy atom. The highest BCUT2D eigenvalue weighted by atomic mass is 32.1. The molecule has 0 bridgehead atoms. The minimum absolute atomic E-state index is 1.25. The van der Waals surface area contributed by atoms with Crippen molar-refractivity contribution >= 4 is 95.3 Å². The van der Waals surface area contributed by atoms with E-state index in [-0.39, 0.29) is 0 Å². The lowest BCUT2D eigenvalue weighted by Gasteiger charge is -2.18. The van der Waals surface area contributed by atoms with E-state index >= 15 is 0 Å². The van der Waals surface area contributed by atoms with Crippen molar-refractivity contribution in [1.82, 2.24) is 0 Å². The summed E-state index contributed by atoms with van der Waals surface area (Å²) in [6.45, 7) is 0. The molecule has 0 saturated heterocycles. The van der Waals surface area contributed by atoms with Crippen LogP contribution in [0.25, 0.3) is 94.9 Å². The summed E-state index contributed by atoms with van der Waals surface area (Å²) in [5.41, 5.74) is 5.21. The van der Waals surface area contributed by atoms with Crippen LogP contribution in [0.1, 0.15) is 0 Å². The van der Waals surface area contributed by atoms with Gasteiger partial charge in [0.2, 0.25) is 0 Å². The van der Waals surface area contributed by atoms with Gasteiger partial charge in [0.05, 0.1) is 9.40 Å². The molecule has 0 atom stereocenters. The summed E-state index contributed by atoms with van der Waals surface area (Å²) in [5, 5.41) is 13.2. The van der Waals surface area contributed by atoms with E-state index in [4.69, 9.17) is 0 Å². The Morgan fingerprint density at radius 2 is 0.886 bits per heavy atom. The molecule has 0 unspecified atom stereocenters. The summed E-state index contributed by atoms with van der Waals surface area (Å²) in [7, 11) is 0. The summed E-state index contributed by atoms with van der Waals surface area (Å²) < 4.78 is 5.48. The summed E-state index contributed by atoms with van der Waals surface area (Å²) in [4.78, 5) is 0. The van der Waals surface area contributed by atoms with Gasteiger partial charge in [-0.05, 0) is 78.8 Å². The normalized spacial score (nSPS) is 12.1. The fraction of sp³-hybridized carbons (Fsp3) is 0. The molecule has 0 spiro atoms. The number of rotatable bonds is 2. The molecule has 0 amide bonds. The van der Waals surface area contributed by atoms with Crippen LogP contribution in [-0.2, 0) is 0 Å². The molecule has 204 valence electrons. The van der Waals surface area contributed by atoms with Crippen LogP contribution in [0.4, 0.5) is 0 Å². The SMILES string of the molecule is c1ccc(-c2c3ccccc3c(-c3cc4c5cc6ccccc6cc5sc4c4sc5ccccc5c34)c3ccccc23)cc1. The van der Waals surface area contributed by atoms with Gasteiger partial charge in [0, 0.05) is 30.9 Å². The number of thiophene rings is 2. The molecule has 10 aromatic rings. The average molecular weight is 593 g/mol. The third kappa shape index (κ3) is 3.38. The maximum atomic E-state index is 2.51. The molecule has 0 aliphatic rings. The van der Waals surface area contributed by atoms with Gasteiger partial charge in [-0.1, -0.05) is 121 Å². The third-order valence-corrected chi connectivity index (χ3v) is 11.7. The predicted octanol–water partition coefficient (Wildman–Crippen LogP) is 13.2. The van der Waals surface area contributed by atoms with E-state index in [9.17, 15) is 0 Å². The number of fused-ring (bicyclic) bond motifs is 10. The Labute approximate surface area is 262 Å². The highest BCUT2D eigenvalue weighted by Crippen LogP contribution is 2.52. The predicted molar refractivity (Wildman–Crippen MR) is 196 cm³/mol. The highest BCUT2D eigenvalue weighted by Gasteiger charge is 2.22. The summed E-state index contributed by atoms with van der Waals surface area (Å²) in [6.07, 6.45) is 0. The molecule has 10 rings (SSSR count). The van der Waals surface area contributed by atoms with Crippen molar-refractivity contribution in [3.05, 3.63) is 146 Å². The molecule has 0 aliphatic heterocycles. The molecule has 44 heavy (non-hydrogen) atoms. The van der Waals surface area contributed by atoms with Crippen LogP contribution in [0.15, 0.2) is 146 Å². The summed E-state index contributed by atoms with van der Waals surface area (Å²) in [6, 6.07) is 53.9. The van der Waals surface area contributed by atoms with Crippen LogP contribution in [0.3, 0.4) is 0 Å². The van der Waals surface area contributed by atoms with Gasteiger partial charge in [-0.2, -0.15) is 0 Å². The zero-order valence-corrected chi connectivity index (χ0v) is 25.3. The first kappa shape index (κ1) is 24.4. The van der Waals surface area contributed by atoms with Gasteiger partial charge in [0.25, 0.3) is 0 Å². The van der Waals surface area contributed by atoms with E-state index in [0.29, 0.717) is 0 Å². The second-order valence-electron chi connectivity index (χ2n) is 11.6. The Bertz CT molecular complexity index is 2700. The van der Waals surface area contributed by atoms with Crippen LogP contribution in [0.5, 0.6) is 0 Å². The third-order valence-electron chi connectivity index (χ3n) is 9.22. The molecule has 2 heteroatoms. The Kier molecular flexibility index (Phi) is 5.13. The molecular formula is C42H24S2. The van der Waals surface area contributed by atoms with E-state index in [2.05, 4.69) is 146 Å². The lowest BCUT2D eigenvalue weighted by molar-refractivity contribution is 1.67. The fourth-order valence-electron chi connectivity index (χ4n) is 7.33. The van der Waals surface area contributed by atoms with Gasteiger partial charge >= 0.3 is 0 Å². The first-order chi connectivity index (χ1) is 21.8. The van der Waals surface area contributed by atoms with Crippen molar-refractivity contribution < 1.29 is 0 Å². The molecule has 0 saturated carbocycles. The first-order valence-electron chi connectivity index (χ1n) is 15.0. The maximum absolute atomic E-state index is 2.51. The van der Waals surface area contributed by atoms with Crippen LogP contribution < -0.4 is 0 Å². The first-order valence-corrected chi connectivity index (χ1v) is 16.7. The standard InChI is InChI=1S/C42H24S2/c1-2-12-25(13-3-1)38-28-16-6-8-18-30(28)39(31-19-9-7-17-29(31)38)35-24-34-33-22-26-14-4-5-15-27(26)23-37(33)44-41(34)42-40(35)32-20-10-11-21-36(32)43-42/h1-24H. The van der Waals surface area contributed by atoms with E-state index in [1.807, 2.05) is 22.7 Å². The minimum Gasteiger partial charge on any atom is -0.134 e. The maximum Gasteiger partial charge on any atom is 0.0540 e. The van der Waals surface area contributed by atoms with Gasteiger partial charge in [-0.25, -0.2) is 0 Å². The molecular weight excluding hydrogens is 569 g/mol. The topological polar surface area (TPSA) is 0 Å². The second kappa shape index (κ2) is 9.24. The molecule has 8 aromatic carbocycles. The highest BCUT2D eigenvalue weighted by molar-refractivity contribution is 7.33. The van der Waals surface area contributed by atoms with E-state index in [1.165, 1.54) is 94.9 Å². The van der Waals surface area contributed by atoms with Crippen LogP contribution in [0.2, 0.25) is 0 Å². The van der Waals surface area contributed by atoms with Crippen LogP contribution in [-0.4, -0.2) is 0 Å². The quantitative estimate of drug-likeness (QED) is 0.175. The van der Waals surface area contributed by atoms with E-state index in [0.717, 1.165) is 0 Å². The summed E-state index contributed by atoms with van der Waals surface area (Å²) in [5.74, 6) is 0. The molecule has 2 aromatic heterocycles. The van der Waals surface area contributed by atoms with Crippen molar-refractivity contribution in [2.75, 3.05) is 0 Å². The Morgan fingerprint density at radius 3 is 1.59 bits per heavy atom. The van der Waals surface area contributed by atoms with Crippen molar-refractivity contribution in [2.45, 2.75) is 0 Å². The molecule has 2 heterocycles. The lowest BCUT2D eigenvalue weighted by atomic mass is 9.84. The monoisotopic (exact) mass is 592 g/mol. The van der Waals surface area contributed by atoms with Gasteiger partial charge < -0.3 is 0 Å². The average Bonchev–Trinajstić information content (AvgIpc) is 3.64. The Balaban J connectivity index is 1.44. The number of hydrogen-bond donors (Lipinski definition) is 0.